The third-order valence-corrected chi connectivity index (χ3v) is 6.08. The summed E-state index contributed by atoms with van der Waals surface area (Å²) in [7, 11) is 3.73. The van der Waals surface area contributed by atoms with Crippen LogP contribution in [0, 0.1) is 12.7 Å². The molecule has 0 aliphatic carbocycles. The molecule has 4 rings (SSSR count). The average Bonchev–Trinajstić information content (AvgIpc) is 3.37. The number of amides is 1. The molecule has 0 N–H and O–H groups in total. The van der Waals surface area contributed by atoms with Crippen LogP contribution < -0.4 is 4.90 Å². The van der Waals surface area contributed by atoms with E-state index in [1.807, 2.05) is 36.2 Å². The second kappa shape index (κ2) is 8.47. The minimum absolute atomic E-state index is 0.0206. The van der Waals surface area contributed by atoms with Gasteiger partial charge >= 0.3 is 0 Å². The zero-order valence-electron chi connectivity index (χ0n) is 17.3. The molecule has 0 unspecified atom stereocenters. The van der Waals surface area contributed by atoms with Crippen LogP contribution in [-0.4, -0.2) is 46.4 Å². The van der Waals surface area contributed by atoms with Crippen molar-refractivity contribution in [3.63, 3.8) is 0 Å². The van der Waals surface area contributed by atoms with Crippen LogP contribution in [0.5, 0.6) is 0 Å². The first-order valence-corrected chi connectivity index (χ1v) is 10.8. The molecular formula is C22H24FN5OS. The zero-order valence-corrected chi connectivity index (χ0v) is 18.1. The molecule has 1 saturated heterocycles. The summed E-state index contributed by atoms with van der Waals surface area (Å²) in [4.78, 5) is 30.4. The second-order valence-electron chi connectivity index (χ2n) is 7.62. The first-order chi connectivity index (χ1) is 14.4. The van der Waals surface area contributed by atoms with Gasteiger partial charge in [-0.05, 0) is 25.8 Å². The first-order valence-electron chi connectivity index (χ1n) is 9.93. The summed E-state index contributed by atoms with van der Waals surface area (Å²) in [5, 5.41) is 2.88. The maximum absolute atomic E-state index is 14.6. The van der Waals surface area contributed by atoms with E-state index in [0.29, 0.717) is 29.3 Å². The maximum Gasteiger partial charge on any atom is 0.229 e. The van der Waals surface area contributed by atoms with E-state index in [1.54, 1.807) is 35.7 Å². The van der Waals surface area contributed by atoms with Gasteiger partial charge in [-0.2, -0.15) is 0 Å². The fourth-order valence-electron chi connectivity index (χ4n) is 3.84. The molecule has 1 aliphatic rings. The number of halogens is 1. The highest BCUT2D eigenvalue weighted by Crippen LogP contribution is 2.38. The van der Waals surface area contributed by atoms with E-state index < -0.39 is 0 Å². The molecular weight excluding hydrogens is 401 g/mol. The predicted octanol–water partition coefficient (Wildman–Crippen LogP) is 4.02. The quantitative estimate of drug-likeness (QED) is 0.618. The topological polar surface area (TPSA) is 62.2 Å². The Morgan fingerprint density at radius 3 is 2.77 bits per heavy atom. The lowest BCUT2D eigenvalue weighted by molar-refractivity contribution is -0.131. The van der Waals surface area contributed by atoms with Crippen molar-refractivity contribution in [1.82, 2.24) is 19.9 Å². The number of carbonyl (C=O) groups excluding carboxylic acids is 1. The fourth-order valence-corrected chi connectivity index (χ4v) is 4.45. The van der Waals surface area contributed by atoms with E-state index >= 15 is 0 Å². The Labute approximate surface area is 179 Å². The van der Waals surface area contributed by atoms with Gasteiger partial charge in [-0.15, -0.1) is 11.3 Å². The summed E-state index contributed by atoms with van der Waals surface area (Å²) in [6.45, 7) is 2.59. The van der Waals surface area contributed by atoms with Gasteiger partial charge in [0.1, 0.15) is 5.82 Å². The van der Waals surface area contributed by atoms with Crippen molar-refractivity contribution in [3.05, 3.63) is 58.1 Å². The number of nitrogens with zero attached hydrogens (tertiary/aromatic N) is 5. The van der Waals surface area contributed by atoms with Gasteiger partial charge in [0.15, 0.2) is 0 Å². The second-order valence-corrected chi connectivity index (χ2v) is 8.69. The highest BCUT2D eigenvalue weighted by molar-refractivity contribution is 7.09. The molecule has 30 heavy (non-hydrogen) atoms. The summed E-state index contributed by atoms with van der Waals surface area (Å²) in [5.41, 5.74) is 2.57. The van der Waals surface area contributed by atoms with Gasteiger partial charge in [0.25, 0.3) is 0 Å². The van der Waals surface area contributed by atoms with Crippen molar-refractivity contribution in [2.45, 2.75) is 32.2 Å². The largest absolute Gasteiger partial charge is 0.347 e. The molecule has 6 nitrogen and oxygen atoms in total. The Morgan fingerprint density at radius 2 is 2.07 bits per heavy atom. The average molecular weight is 426 g/mol. The molecule has 3 heterocycles. The number of likely N-dealkylation sites (tertiary alicyclic amines) is 1. The molecule has 0 radical (unpaired) electrons. The predicted molar refractivity (Wildman–Crippen MR) is 116 cm³/mol. The van der Waals surface area contributed by atoms with Gasteiger partial charge in [0.05, 0.1) is 28.9 Å². The van der Waals surface area contributed by atoms with Gasteiger partial charge in [-0.3, -0.25) is 4.79 Å². The van der Waals surface area contributed by atoms with Gasteiger partial charge in [-0.1, -0.05) is 18.2 Å². The van der Waals surface area contributed by atoms with Crippen molar-refractivity contribution in [1.29, 1.82) is 0 Å². The lowest BCUT2D eigenvalue weighted by Gasteiger charge is -2.27. The Kier molecular flexibility index (Phi) is 5.76. The summed E-state index contributed by atoms with van der Waals surface area (Å²) in [5.74, 6) is 0.237. The Hall–Kier alpha value is -2.87. The van der Waals surface area contributed by atoms with Gasteiger partial charge < -0.3 is 9.80 Å². The summed E-state index contributed by atoms with van der Waals surface area (Å²) in [6.07, 6.45) is 3.60. The minimum atomic E-state index is -0.325. The van der Waals surface area contributed by atoms with E-state index in [1.165, 1.54) is 6.07 Å². The zero-order chi connectivity index (χ0) is 21.3. The highest BCUT2D eigenvalue weighted by Gasteiger charge is 2.34. The van der Waals surface area contributed by atoms with Crippen molar-refractivity contribution < 1.29 is 9.18 Å². The molecule has 0 spiro atoms. The number of hydrogen-bond acceptors (Lipinski definition) is 6. The van der Waals surface area contributed by atoms with Crippen LogP contribution in [0.1, 0.15) is 35.3 Å². The molecule has 1 aliphatic heterocycles. The van der Waals surface area contributed by atoms with Crippen LogP contribution in [-0.2, 0) is 11.2 Å². The smallest absolute Gasteiger partial charge is 0.229 e. The van der Waals surface area contributed by atoms with Crippen LogP contribution in [0.3, 0.4) is 0 Å². The molecule has 2 aromatic heterocycles. The summed E-state index contributed by atoms with van der Waals surface area (Å²) < 4.78 is 14.6. The molecule has 3 aromatic rings. The number of anilines is 1. The first kappa shape index (κ1) is 20.4. The number of rotatable bonds is 5. The third kappa shape index (κ3) is 4.05. The standard InChI is InChI=1S/C22H24FN5OS/c1-14-25-15(13-30-14)11-20(29)28-10-6-9-19(28)21-17(12-24-22(26-21)27(2)3)16-7-4-5-8-18(16)23/h4-5,7-8,12-13,19H,6,9-11H2,1-3H3/t19-/m1/s1. The molecule has 0 bridgehead atoms. The molecule has 0 saturated carbocycles. The number of benzene rings is 1. The number of hydrogen-bond donors (Lipinski definition) is 0. The summed E-state index contributed by atoms with van der Waals surface area (Å²) >= 11 is 1.54. The van der Waals surface area contributed by atoms with Gasteiger partial charge in [0, 0.05) is 43.3 Å². The van der Waals surface area contributed by atoms with Crippen LogP contribution in [0.2, 0.25) is 0 Å². The molecule has 1 amide bonds. The minimum Gasteiger partial charge on any atom is -0.347 e. The lowest BCUT2D eigenvalue weighted by atomic mass is 9.99. The number of thiazole rings is 1. The van der Waals surface area contributed by atoms with Crippen LogP contribution in [0.15, 0.2) is 35.8 Å². The number of aryl methyl sites for hydroxylation is 1. The molecule has 8 heteroatoms. The molecule has 1 atom stereocenters. The van der Waals surface area contributed by atoms with Gasteiger partial charge in [-0.25, -0.2) is 19.3 Å². The van der Waals surface area contributed by atoms with E-state index in [9.17, 15) is 9.18 Å². The summed E-state index contributed by atoms with van der Waals surface area (Å²) in [6, 6.07) is 6.40. The SMILES string of the molecule is Cc1nc(CC(=O)N2CCC[C@@H]2c2nc(N(C)C)ncc2-c2ccccc2F)cs1. The molecule has 1 fully saturated rings. The number of carbonyl (C=O) groups is 1. The van der Waals surface area contributed by atoms with Crippen LogP contribution in [0.4, 0.5) is 10.3 Å². The van der Waals surface area contributed by atoms with E-state index in [-0.39, 0.29) is 24.2 Å². The third-order valence-electron chi connectivity index (χ3n) is 5.26. The molecule has 156 valence electrons. The Bertz CT molecular complexity index is 1070. The maximum atomic E-state index is 14.6. The van der Waals surface area contributed by atoms with E-state index in [4.69, 9.17) is 4.98 Å². The highest BCUT2D eigenvalue weighted by atomic mass is 32.1. The Balaban J connectivity index is 1.72. The van der Waals surface area contributed by atoms with Crippen molar-refractivity contribution in [2.24, 2.45) is 0 Å². The monoisotopic (exact) mass is 425 g/mol. The van der Waals surface area contributed by atoms with Crippen LogP contribution in [0.25, 0.3) is 11.1 Å². The van der Waals surface area contributed by atoms with Crippen molar-refractivity contribution in [2.75, 3.05) is 25.5 Å². The lowest BCUT2D eigenvalue weighted by Crippen LogP contribution is -2.33. The van der Waals surface area contributed by atoms with E-state index in [2.05, 4.69) is 9.97 Å². The fraction of sp³-hybridized carbons (Fsp3) is 0.364. The normalized spacial score (nSPS) is 16.1. The van der Waals surface area contributed by atoms with Crippen molar-refractivity contribution in [3.8, 4) is 11.1 Å². The van der Waals surface area contributed by atoms with Crippen molar-refractivity contribution >= 4 is 23.2 Å². The Morgan fingerprint density at radius 1 is 1.27 bits per heavy atom. The molecule has 1 aromatic carbocycles. The number of aromatic nitrogens is 3. The van der Waals surface area contributed by atoms with Gasteiger partial charge in [0.2, 0.25) is 11.9 Å². The van der Waals surface area contributed by atoms with E-state index in [0.717, 1.165) is 23.5 Å². The van der Waals surface area contributed by atoms with Crippen LogP contribution >= 0.6 is 11.3 Å².